The number of hydrogen-bond donors (Lipinski definition) is 1. The number of rotatable bonds is 5. The van der Waals surface area contributed by atoms with Crippen LogP contribution < -0.4 is 5.32 Å². The zero-order valence-corrected chi connectivity index (χ0v) is 10.4. The third kappa shape index (κ3) is 3.21. The van der Waals surface area contributed by atoms with Gasteiger partial charge < -0.3 is 9.73 Å². The Kier molecular flexibility index (Phi) is 3.99. The Morgan fingerprint density at radius 2 is 1.82 bits per heavy atom. The molecule has 2 rings (SSSR count). The fourth-order valence-corrected chi connectivity index (χ4v) is 1.80. The molecule has 17 heavy (non-hydrogen) atoms. The lowest BCUT2D eigenvalue weighted by Gasteiger charge is -2.11. The van der Waals surface area contributed by atoms with E-state index in [2.05, 4.69) is 43.4 Å². The molecule has 0 fully saturated rings. The number of hydrogen-bond acceptors (Lipinski definition) is 2. The van der Waals surface area contributed by atoms with Gasteiger partial charge in [0.05, 0.1) is 12.3 Å². The molecule has 90 valence electrons. The normalized spacial score (nSPS) is 12.6. The van der Waals surface area contributed by atoms with Gasteiger partial charge in [0.2, 0.25) is 0 Å². The SMILES string of the molecule is CCc1ccc(CN[C@H](C)c2ccco2)cc1. The maximum absolute atomic E-state index is 5.36. The minimum Gasteiger partial charge on any atom is -0.468 e. The lowest BCUT2D eigenvalue weighted by Crippen LogP contribution is -2.17. The number of nitrogens with one attached hydrogen (secondary N) is 1. The smallest absolute Gasteiger partial charge is 0.120 e. The van der Waals surface area contributed by atoms with Crippen LogP contribution in [-0.4, -0.2) is 0 Å². The van der Waals surface area contributed by atoms with Gasteiger partial charge in [-0.3, -0.25) is 0 Å². The number of furan rings is 1. The van der Waals surface area contributed by atoms with Crippen molar-refractivity contribution >= 4 is 0 Å². The fourth-order valence-electron chi connectivity index (χ4n) is 1.80. The van der Waals surface area contributed by atoms with Crippen LogP contribution in [0.2, 0.25) is 0 Å². The minimum atomic E-state index is 0.246. The highest BCUT2D eigenvalue weighted by Gasteiger charge is 2.06. The quantitative estimate of drug-likeness (QED) is 0.845. The molecule has 1 heterocycles. The molecule has 0 spiro atoms. The molecule has 2 nitrogen and oxygen atoms in total. The predicted molar refractivity (Wildman–Crippen MR) is 69.8 cm³/mol. The summed E-state index contributed by atoms with van der Waals surface area (Å²) in [6.07, 6.45) is 2.81. The van der Waals surface area contributed by atoms with E-state index in [1.54, 1.807) is 6.26 Å². The van der Waals surface area contributed by atoms with E-state index in [1.165, 1.54) is 11.1 Å². The van der Waals surface area contributed by atoms with E-state index in [-0.39, 0.29) is 6.04 Å². The molecule has 1 aromatic heterocycles. The van der Waals surface area contributed by atoms with E-state index in [0.29, 0.717) is 0 Å². The summed E-state index contributed by atoms with van der Waals surface area (Å²) in [7, 11) is 0. The Morgan fingerprint density at radius 3 is 2.41 bits per heavy atom. The first-order valence-corrected chi connectivity index (χ1v) is 6.14. The molecule has 0 bridgehead atoms. The number of benzene rings is 1. The van der Waals surface area contributed by atoms with Gasteiger partial charge in [0, 0.05) is 6.54 Å². The summed E-state index contributed by atoms with van der Waals surface area (Å²) >= 11 is 0. The monoisotopic (exact) mass is 229 g/mol. The van der Waals surface area contributed by atoms with Crippen LogP contribution >= 0.6 is 0 Å². The molecule has 0 saturated carbocycles. The Labute approximate surface area is 103 Å². The van der Waals surface area contributed by atoms with Crippen molar-refractivity contribution in [1.82, 2.24) is 5.32 Å². The Bertz CT molecular complexity index is 430. The van der Waals surface area contributed by atoms with Crippen LogP contribution in [-0.2, 0) is 13.0 Å². The van der Waals surface area contributed by atoms with Crippen LogP contribution in [0.3, 0.4) is 0 Å². The van der Waals surface area contributed by atoms with Crippen LogP contribution in [0.4, 0.5) is 0 Å². The van der Waals surface area contributed by atoms with E-state index < -0.39 is 0 Å². The van der Waals surface area contributed by atoms with E-state index in [1.807, 2.05) is 12.1 Å². The van der Waals surface area contributed by atoms with E-state index in [9.17, 15) is 0 Å². The van der Waals surface area contributed by atoms with Crippen LogP contribution in [0.25, 0.3) is 0 Å². The molecule has 2 aromatic rings. The summed E-state index contributed by atoms with van der Waals surface area (Å²) in [6.45, 7) is 5.15. The van der Waals surface area contributed by atoms with Crippen molar-refractivity contribution in [1.29, 1.82) is 0 Å². The highest BCUT2D eigenvalue weighted by molar-refractivity contribution is 5.22. The average molecular weight is 229 g/mol. The molecule has 2 heteroatoms. The zero-order chi connectivity index (χ0) is 12.1. The van der Waals surface area contributed by atoms with Crippen molar-refractivity contribution in [3.8, 4) is 0 Å². The summed E-state index contributed by atoms with van der Waals surface area (Å²) in [5, 5.41) is 3.45. The summed E-state index contributed by atoms with van der Waals surface area (Å²) in [4.78, 5) is 0. The topological polar surface area (TPSA) is 25.2 Å². The van der Waals surface area contributed by atoms with Crippen LogP contribution in [0.5, 0.6) is 0 Å². The Hall–Kier alpha value is -1.54. The van der Waals surface area contributed by atoms with Crippen molar-refractivity contribution in [2.75, 3.05) is 0 Å². The summed E-state index contributed by atoms with van der Waals surface area (Å²) < 4.78 is 5.36. The van der Waals surface area contributed by atoms with E-state index in [0.717, 1.165) is 18.7 Å². The molecule has 1 aromatic carbocycles. The molecular weight excluding hydrogens is 210 g/mol. The van der Waals surface area contributed by atoms with Crippen LogP contribution in [0.1, 0.15) is 36.8 Å². The third-order valence-corrected chi connectivity index (χ3v) is 3.01. The maximum Gasteiger partial charge on any atom is 0.120 e. The van der Waals surface area contributed by atoms with Crippen molar-refractivity contribution in [3.05, 3.63) is 59.5 Å². The molecule has 0 radical (unpaired) electrons. The lowest BCUT2D eigenvalue weighted by molar-refractivity contribution is 0.430. The largest absolute Gasteiger partial charge is 0.468 e. The summed E-state index contributed by atoms with van der Waals surface area (Å²) in [5.41, 5.74) is 2.69. The Morgan fingerprint density at radius 1 is 1.12 bits per heavy atom. The fraction of sp³-hybridized carbons (Fsp3) is 0.333. The highest BCUT2D eigenvalue weighted by Crippen LogP contribution is 2.13. The molecule has 1 N–H and O–H groups in total. The van der Waals surface area contributed by atoms with Gasteiger partial charge in [-0.2, -0.15) is 0 Å². The molecule has 0 saturated heterocycles. The van der Waals surface area contributed by atoms with E-state index in [4.69, 9.17) is 4.42 Å². The molecule has 1 atom stereocenters. The predicted octanol–water partition coefficient (Wildman–Crippen LogP) is 3.69. The molecule has 0 amide bonds. The second-order valence-corrected chi connectivity index (χ2v) is 4.29. The van der Waals surface area contributed by atoms with Crippen molar-refractivity contribution < 1.29 is 4.42 Å². The molecule has 0 aliphatic carbocycles. The van der Waals surface area contributed by atoms with Gasteiger partial charge in [0.25, 0.3) is 0 Å². The van der Waals surface area contributed by atoms with Crippen molar-refractivity contribution in [2.24, 2.45) is 0 Å². The van der Waals surface area contributed by atoms with E-state index >= 15 is 0 Å². The van der Waals surface area contributed by atoms with Crippen molar-refractivity contribution in [2.45, 2.75) is 32.9 Å². The summed E-state index contributed by atoms with van der Waals surface area (Å²) in [6, 6.07) is 12.9. The summed E-state index contributed by atoms with van der Waals surface area (Å²) in [5.74, 6) is 0.982. The highest BCUT2D eigenvalue weighted by atomic mass is 16.3. The third-order valence-electron chi connectivity index (χ3n) is 3.01. The van der Waals surface area contributed by atoms with Gasteiger partial charge >= 0.3 is 0 Å². The lowest BCUT2D eigenvalue weighted by atomic mass is 10.1. The first-order chi connectivity index (χ1) is 8.29. The second-order valence-electron chi connectivity index (χ2n) is 4.29. The van der Waals surface area contributed by atoms with Gasteiger partial charge in [-0.15, -0.1) is 0 Å². The molecule has 0 unspecified atom stereocenters. The first-order valence-electron chi connectivity index (χ1n) is 6.14. The maximum atomic E-state index is 5.36. The number of aryl methyl sites for hydroxylation is 1. The van der Waals surface area contributed by atoms with Gasteiger partial charge in [0.1, 0.15) is 5.76 Å². The van der Waals surface area contributed by atoms with Gasteiger partial charge in [0.15, 0.2) is 0 Å². The minimum absolute atomic E-state index is 0.246. The first kappa shape index (κ1) is 11.9. The van der Waals surface area contributed by atoms with Gasteiger partial charge in [-0.05, 0) is 36.6 Å². The van der Waals surface area contributed by atoms with Gasteiger partial charge in [-0.25, -0.2) is 0 Å². The van der Waals surface area contributed by atoms with Crippen LogP contribution in [0.15, 0.2) is 47.1 Å². The van der Waals surface area contributed by atoms with Crippen molar-refractivity contribution in [3.63, 3.8) is 0 Å². The zero-order valence-electron chi connectivity index (χ0n) is 10.4. The molecule has 0 aliphatic rings. The Balaban J connectivity index is 1.89. The molecular formula is C15H19NO. The van der Waals surface area contributed by atoms with Crippen LogP contribution in [0, 0.1) is 0 Å². The molecule has 0 aliphatic heterocycles. The average Bonchev–Trinajstić information content (AvgIpc) is 2.90. The second kappa shape index (κ2) is 5.69. The van der Waals surface area contributed by atoms with Gasteiger partial charge in [-0.1, -0.05) is 31.2 Å². The standard InChI is InChI=1S/C15H19NO/c1-3-13-6-8-14(9-7-13)11-16-12(2)15-5-4-10-17-15/h4-10,12,16H,3,11H2,1-2H3/t12-/m1/s1.